The van der Waals surface area contributed by atoms with Crippen molar-refractivity contribution < 1.29 is 9.59 Å². The largest absolute Gasteiger partial charge is 0.326 e. The van der Waals surface area contributed by atoms with Gasteiger partial charge in [0, 0.05) is 30.8 Å². The van der Waals surface area contributed by atoms with E-state index in [1.807, 2.05) is 35.2 Å². The van der Waals surface area contributed by atoms with E-state index in [9.17, 15) is 9.59 Å². The van der Waals surface area contributed by atoms with E-state index in [2.05, 4.69) is 43.9 Å². The first-order chi connectivity index (χ1) is 14.4. The van der Waals surface area contributed by atoms with Gasteiger partial charge in [0.15, 0.2) is 0 Å². The zero-order chi connectivity index (χ0) is 21.7. The Hall–Kier alpha value is -2.88. The predicted octanol–water partition coefficient (Wildman–Crippen LogP) is 5.97. The molecule has 4 nitrogen and oxygen atoms in total. The summed E-state index contributed by atoms with van der Waals surface area (Å²) in [5.41, 5.74) is 5.30. The Labute approximate surface area is 180 Å². The highest BCUT2D eigenvalue weighted by molar-refractivity contribution is 5.94. The minimum Gasteiger partial charge on any atom is -0.326 e. The molecule has 158 valence electrons. The standard InChI is InChI=1S/C26H32N2O2/c1-5-7-8-9-26(30)27-23-13-10-20(11-14-23)21-12-15-25-22(17-21)16-18(3)24(6-2)28(25)19(4)29/h5,10-15,17-18,24H,1,6-9,16H2,2-4H3,(H,27,30)/t18-,24-/m1/s1. The van der Waals surface area contributed by atoms with E-state index < -0.39 is 0 Å². The van der Waals surface area contributed by atoms with Crippen molar-refractivity contribution in [2.45, 2.75) is 58.9 Å². The Balaban J connectivity index is 1.78. The Morgan fingerprint density at radius 3 is 2.50 bits per heavy atom. The molecule has 1 N–H and O–H groups in total. The summed E-state index contributed by atoms with van der Waals surface area (Å²) in [5, 5.41) is 2.95. The quantitative estimate of drug-likeness (QED) is 0.456. The lowest BCUT2D eigenvalue weighted by Crippen LogP contribution is -2.46. The van der Waals surface area contributed by atoms with Gasteiger partial charge in [-0.2, -0.15) is 0 Å². The molecule has 0 spiro atoms. The third-order valence-electron chi connectivity index (χ3n) is 5.94. The average Bonchev–Trinajstić information content (AvgIpc) is 2.73. The van der Waals surface area contributed by atoms with Crippen LogP contribution < -0.4 is 10.2 Å². The maximum absolute atomic E-state index is 12.3. The zero-order valence-corrected chi connectivity index (χ0v) is 18.3. The zero-order valence-electron chi connectivity index (χ0n) is 18.3. The van der Waals surface area contributed by atoms with E-state index in [1.165, 1.54) is 5.56 Å². The van der Waals surface area contributed by atoms with E-state index >= 15 is 0 Å². The van der Waals surface area contributed by atoms with Gasteiger partial charge in [0.2, 0.25) is 11.8 Å². The lowest BCUT2D eigenvalue weighted by atomic mass is 9.84. The molecule has 2 atom stereocenters. The molecule has 0 radical (unpaired) electrons. The van der Waals surface area contributed by atoms with Crippen LogP contribution in [-0.2, 0) is 16.0 Å². The average molecular weight is 405 g/mol. The molecule has 1 heterocycles. The van der Waals surface area contributed by atoms with Crippen molar-refractivity contribution in [1.29, 1.82) is 0 Å². The van der Waals surface area contributed by atoms with Crippen LogP contribution in [0.3, 0.4) is 0 Å². The number of nitrogens with one attached hydrogen (secondary N) is 1. The summed E-state index contributed by atoms with van der Waals surface area (Å²) >= 11 is 0. The number of fused-ring (bicyclic) bond motifs is 1. The smallest absolute Gasteiger partial charge is 0.224 e. The second-order valence-electron chi connectivity index (χ2n) is 8.20. The van der Waals surface area contributed by atoms with Crippen LogP contribution in [0, 0.1) is 5.92 Å². The molecule has 2 amide bonds. The molecular weight excluding hydrogens is 372 g/mol. The molecule has 0 aliphatic carbocycles. The molecule has 0 unspecified atom stereocenters. The maximum atomic E-state index is 12.3. The summed E-state index contributed by atoms with van der Waals surface area (Å²) in [6, 6.07) is 14.6. The Morgan fingerprint density at radius 1 is 1.17 bits per heavy atom. The number of nitrogens with zero attached hydrogens (tertiary/aromatic N) is 1. The van der Waals surface area contributed by atoms with E-state index in [1.54, 1.807) is 6.92 Å². The lowest BCUT2D eigenvalue weighted by Gasteiger charge is -2.40. The molecule has 0 saturated carbocycles. The summed E-state index contributed by atoms with van der Waals surface area (Å²) < 4.78 is 0. The number of rotatable bonds is 7. The Kier molecular flexibility index (Phi) is 7.09. The molecule has 2 aromatic rings. The minimum absolute atomic E-state index is 0.0298. The number of carbonyl (C=O) groups is 2. The normalized spacial score (nSPS) is 17.9. The second kappa shape index (κ2) is 9.75. The molecule has 0 saturated heterocycles. The van der Waals surface area contributed by atoms with Gasteiger partial charge in [-0.25, -0.2) is 0 Å². The van der Waals surface area contributed by atoms with Gasteiger partial charge in [0.1, 0.15) is 0 Å². The van der Waals surface area contributed by atoms with Crippen LogP contribution in [0.25, 0.3) is 11.1 Å². The molecule has 2 aromatic carbocycles. The van der Waals surface area contributed by atoms with Gasteiger partial charge in [0.05, 0.1) is 0 Å². The van der Waals surface area contributed by atoms with Crippen LogP contribution in [0.15, 0.2) is 55.1 Å². The molecule has 0 bridgehead atoms. The fourth-order valence-corrected chi connectivity index (χ4v) is 4.44. The van der Waals surface area contributed by atoms with Crippen molar-refractivity contribution in [3.05, 3.63) is 60.7 Å². The summed E-state index contributed by atoms with van der Waals surface area (Å²) in [6.45, 7) is 9.71. The van der Waals surface area contributed by atoms with Crippen molar-refractivity contribution in [3.8, 4) is 11.1 Å². The van der Waals surface area contributed by atoms with Crippen molar-refractivity contribution in [1.82, 2.24) is 0 Å². The molecule has 1 aliphatic rings. The van der Waals surface area contributed by atoms with Crippen LogP contribution in [0.4, 0.5) is 11.4 Å². The lowest BCUT2D eigenvalue weighted by molar-refractivity contribution is -0.117. The van der Waals surface area contributed by atoms with Crippen LogP contribution in [0.1, 0.15) is 52.0 Å². The third kappa shape index (κ3) is 4.81. The molecule has 4 heteroatoms. The summed E-state index contributed by atoms with van der Waals surface area (Å²) in [7, 11) is 0. The number of amides is 2. The highest BCUT2D eigenvalue weighted by Gasteiger charge is 2.33. The number of allylic oxidation sites excluding steroid dienone is 1. The van der Waals surface area contributed by atoms with Crippen molar-refractivity contribution in [2.75, 3.05) is 10.2 Å². The minimum atomic E-state index is 0.0298. The van der Waals surface area contributed by atoms with Gasteiger partial charge in [-0.1, -0.05) is 38.1 Å². The first-order valence-electron chi connectivity index (χ1n) is 10.9. The first-order valence-corrected chi connectivity index (χ1v) is 10.9. The van der Waals surface area contributed by atoms with Gasteiger partial charge in [-0.15, -0.1) is 6.58 Å². The third-order valence-corrected chi connectivity index (χ3v) is 5.94. The highest BCUT2D eigenvalue weighted by Crippen LogP contribution is 2.37. The Morgan fingerprint density at radius 2 is 1.87 bits per heavy atom. The Bertz CT molecular complexity index is 917. The second-order valence-corrected chi connectivity index (χ2v) is 8.20. The monoisotopic (exact) mass is 404 g/mol. The number of benzene rings is 2. The maximum Gasteiger partial charge on any atom is 0.224 e. The summed E-state index contributed by atoms with van der Waals surface area (Å²) in [4.78, 5) is 26.3. The SMILES string of the molecule is C=CCCCC(=O)Nc1ccc(-c2ccc3c(c2)C[C@@H](C)[C@@H](CC)N3C(C)=O)cc1. The number of unbranched alkanes of at least 4 members (excludes halogenated alkanes) is 1. The molecule has 1 aliphatic heterocycles. The molecule has 0 aromatic heterocycles. The predicted molar refractivity (Wildman–Crippen MR) is 125 cm³/mol. The van der Waals surface area contributed by atoms with E-state index in [-0.39, 0.29) is 17.9 Å². The topological polar surface area (TPSA) is 49.4 Å². The number of carbonyl (C=O) groups excluding carboxylic acids is 2. The molecule has 0 fully saturated rings. The molecule has 3 rings (SSSR count). The molecular formula is C26H32N2O2. The van der Waals surface area contributed by atoms with Gasteiger partial charge in [-0.05, 0) is 72.6 Å². The number of anilines is 2. The van der Waals surface area contributed by atoms with Crippen LogP contribution in [0.5, 0.6) is 0 Å². The van der Waals surface area contributed by atoms with Gasteiger partial charge < -0.3 is 10.2 Å². The van der Waals surface area contributed by atoms with Gasteiger partial charge in [-0.3, -0.25) is 9.59 Å². The first kappa shape index (κ1) is 21.8. The van der Waals surface area contributed by atoms with Crippen molar-refractivity contribution >= 4 is 23.2 Å². The van der Waals surface area contributed by atoms with Crippen molar-refractivity contribution in [2.24, 2.45) is 5.92 Å². The number of hydrogen-bond donors (Lipinski definition) is 1. The fourth-order valence-electron chi connectivity index (χ4n) is 4.44. The highest BCUT2D eigenvalue weighted by atomic mass is 16.2. The van der Waals surface area contributed by atoms with E-state index in [4.69, 9.17) is 0 Å². The van der Waals surface area contributed by atoms with Crippen molar-refractivity contribution in [3.63, 3.8) is 0 Å². The van der Waals surface area contributed by atoms with E-state index in [0.717, 1.165) is 48.2 Å². The summed E-state index contributed by atoms with van der Waals surface area (Å²) in [5.74, 6) is 0.568. The van der Waals surface area contributed by atoms with Gasteiger partial charge >= 0.3 is 0 Å². The van der Waals surface area contributed by atoms with Crippen LogP contribution >= 0.6 is 0 Å². The van der Waals surface area contributed by atoms with Crippen LogP contribution in [-0.4, -0.2) is 17.9 Å². The van der Waals surface area contributed by atoms with Crippen LogP contribution in [0.2, 0.25) is 0 Å². The molecule has 30 heavy (non-hydrogen) atoms. The van der Waals surface area contributed by atoms with Gasteiger partial charge in [0.25, 0.3) is 0 Å². The summed E-state index contributed by atoms with van der Waals surface area (Å²) in [6.07, 6.45) is 5.94. The number of hydrogen-bond acceptors (Lipinski definition) is 2. The fraction of sp³-hybridized carbons (Fsp3) is 0.385. The van der Waals surface area contributed by atoms with E-state index in [0.29, 0.717) is 12.3 Å².